The fraction of sp³-hybridized carbons (Fsp3) is 0.0667. The molecule has 0 aliphatic rings. The first-order valence-electron chi connectivity index (χ1n) is 5.59. The van der Waals surface area contributed by atoms with Crippen molar-refractivity contribution in [1.29, 1.82) is 0 Å². The van der Waals surface area contributed by atoms with Crippen LogP contribution in [0.2, 0.25) is 0 Å². The highest BCUT2D eigenvalue weighted by Gasteiger charge is 2.05. The molecule has 0 aliphatic carbocycles. The molecule has 0 bridgehead atoms. The lowest BCUT2D eigenvalue weighted by Gasteiger charge is -2.02. The summed E-state index contributed by atoms with van der Waals surface area (Å²) >= 11 is 4.32. The van der Waals surface area contributed by atoms with Crippen LogP contribution >= 0.6 is 12.6 Å². The van der Waals surface area contributed by atoms with Gasteiger partial charge in [0.25, 0.3) is 0 Å². The standard InChI is InChI=1S/C15H13NOS/c1-11-2-4-13(15(18)10-11)14(17)5-3-12-6-8-16-9-7-12/h2-10,18H,1H3/b5-3+. The minimum atomic E-state index is -0.0446. The van der Waals surface area contributed by atoms with Gasteiger partial charge in [0.15, 0.2) is 5.78 Å². The fourth-order valence-corrected chi connectivity index (χ4v) is 1.97. The molecule has 2 nitrogen and oxygen atoms in total. The second-order valence-corrected chi connectivity index (χ2v) is 4.48. The molecule has 0 spiro atoms. The van der Waals surface area contributed by atoms with E-state index >= 15 is 0 Å². The van der Waals surface area contributed by atoms with Crippen LogP contribution in [0.1, 0.15) is 21.5 Å². The zero-order chi connectivity index (χ0) is 13.0. The van der Waals surface area contributed by atoms with Gasteiger partial charge < -0.3 is 0 Å². The predicted octanol–water partition coefficient (Wildman–Crippen LogP) is 3.57. The molecule has 0 amide bonds. The summed E-state index contributed by atoms with van der Waals surface area (Å²) in [6, 6.07) is 9.29. The van der Waals surface area contributed by atoms with E-state index in [2.05, 4.69) is 17.6 Å². The van der Waals surface area contributed by atoms with Crippen LogP contribution in [-0.4, -0.2) is 10.8 Å². The van der Waals surface area contributed by atoms with E-state index in [0.717, 1.165) is 11.1 Å². The Balaban J connectivity index is 2.20. The first-order chi connectivity index (χ1) is 8.66. The average molecular weight is 255 g/mol. The van der Waals surface area contributed by atoms with Crippen molar-refractivity contribution >= 4 is 24.5 Å². The van der Waals surface area contributed by atoms with Crippen molar-refractivity contribution in [3.05, 3.63) is 65.5 Å². The van der Waals surface area contributed by atoms with E-state index in [4.69, 9.17) is 0 Å². The van der Waals surface area contributed by atoms with E-state index in [9.17, 15) is 4.79 Å². The first kappa shape index (κ1) is 12.6. The largest absolute Gasteiger partial charge is 0.289 e. The lowest BCUT2D eigenvalue weighted by atomic mass is 10.1. The van der Waals surface area contributed by atoms with Crippen LogP contribution in [0.25, 0.3) is 6.08 Å². The average Bonchev–Trinajstić information content (AvgIpc) is 2.37. The number of aryl methyl sites for hydroxylation is 1. The lowest BCUT2D eigenvalue weighted by molar-refractivity contribution is 0.104. The van der Waals surface area contributed by atoms with Crippen molar-refractivity contribution < 1.29 is 4.79 Å². The van der Waals surface area contributed by atoms with Crippen molar-refractivity contribution in [3.8, 4) is 0 Å². The van der Waals surface area contributed by atoms with Gasteiger partial charge in [-0.2, -0.15) is 0 Å². The molecule has 0 saturated carbocycles. The summed E-state index contributed by atoms with van der Waals surface area (Å²) in [6.45, 7) is 1.97. The van der Waals surface area contributed by atoms with Crippen molar-refractivity contribution in [3.63, 3.8) is 0 Å². The van der Waals surface area contributed by atoms with Crippen LogP contribution in [-0.2, 0) is 0 Å². The van der Waals surface area contributed by atoms with Gasteiger partial charge in [-0.05, 0) is 48.4 Å². The molecule has 0 fully saturated rings. The minimum Gasteiger partial charge on any atom is -0.289 e. The lowest BCUT2D eigenvalue weighted by Crippen LogP contribution is -1.96. The highest BCUT2D eigenvalue weighted by Crippen LogP contribution is 2.17. The Morgan fingerprint density at radius 2 is 1.94 bits per heavy atom. The van der Waals surface area contributed by atoms with E-state index < -0.39 is 0 Å². The number of allylic oxidation sites excluding steroid dienone is 1. The number of pyridine rings is 1. The van der Waals surface area contributed by atoms with Gasteiger partial charge in [-0.3, -0.25) is 9.78 Å². The molecule has 3 heteroatoms. The Bertz CT molecular complexity index is 591. The van der Waals surface area contributed by atoms with Gasteiger partial charge in [0, 0.05) is 22.9 Å². The van der Waals surface area contributed by atoms with Crippen LogP contribution in [0.3, 0.4) is 0 Å². The number of nitrogens with zero attached hydrogens (tertiary/aromatic N) is 1. The van der Waals surface area contributed by atoms with Gasteiger partial charge in [0.05, 0.1) is 0 Å². The Hall–Kier alpha value is -1.87. The van der Waals surface area contributed by atoms with Gasteiger partial charge in [0.1, 0.15) is 0 Å². The Morgan fingerprint density at radius 1 is 1.22 bits per heavy atom. The van der Waals surface area contributed by atoms with Gasteiger partial charge in [0.2, 0.25) is 0 Å². The van der Waals surface area contributed by atoms with Crippen molar-refractivity contribution in [2.24, 2.45) is 0 Å². The molecule has 0 unspecified atom stereocenters. The van der Waals surface area contributed by atoms with Crippen LogP contribution in [0.5, 0.6) is 0 Å². The molecule has 1 aromatic carbocycles. The second kappa shape index (κ2) is 5.65. The third-order valence-electron chi connectivity index (χ3n) is 2.55. The smallest absolute Gasteiger partial charge is 0.186 e. The third-order valence-corrected chi connectivity index (χ3v) is 2.92. The molecular weight excluding hydrogens is 242 g/mol. The van der Waals surface area contributed by atoms with Crippen LogP contribution in [0.4, 0.5) is 0 Å². The highest BCUT2D eigenvalue weighted by atomic mass is 32.1. The van der Waals surface area contributed by atoms with Gasteiger partial charge in [-0.25, -0.2) is 0 Å². The topological polar surface area (TPSA) is 30.0 Å². The number of benzene rings is 1. The summed E-state index contributed by atoms with van der Waals surface area (Å²) in [7, 11) is 0. The molecule has 2 aromatic rings. The minimum absolute atomic E-state index is 0.0446. The zero-order valence-electron chi connectivity index (χ0n) is 10.00. The van der Waals surface area contributed by atoms with Crippen molar-refractivity contribution in [2.75, 3.05) is 0 Å². The predicted molar refractivity (Wildman–Crippen MR) is 76.0 cm³/mol. The summed E-state index contributed by atoms with van der Waals surface area (Å²) in [4.78, 5) is 16.6. The fourth-order valence-electron chi connectivity index (χ4n) is 1.59. The molecule has 18 heavy (non-hydrogen) atoms. The molecule has 1 aromatic heterocycles. The van der Waals surface area contributed by atoms with E-state index in [1.54, 1.807) is 30.6 Å². The molecule has 90 valence electrons. The maximum Gasteiger partial charge on any atom is 0.186 e. The molecule has 2 rings (SSSR count). The number of hydrogen-bond donors (Lipinski definition) is 1. The van der Waals surface area contributed by atoms with Crippen molar-refractivity contribution in [1.82, 2.24) is 4.98 Å². The van der Waals surface area contributed by atoms with E-state index in [1.165, 1.54) is 0 Å². The number of carbonyl (C=O) groups excluding carboxylic acids is 1. The van der Waals surface area contributed by atoms with E-state index in [1.807, 2.05) is 31.2 Å². The summed E-state index contributed by atoms with van der Waals surface area (Å²) in [5.74, 6) is -0.0446. The Kier molecular flexibility index (Phi) is 3.95. The maximum atomic E-state index is 12.0. The van der Waals surface area contributed by atoms with Crippen LogP contribution in [0, 0.1) is 6.92 Å². The number of hydrogen-bond acceptors (Lipinski definition) is 3. The van der Waals surface area contributed by atoms with E-state index in [-0.39, 0.29) is 5.78 Å². The molecular formula is C15H13NOS. The molecule has 0 aliphatic heterocycles. The van der Waals surface area contributed by atoms with Gasteiger partial charge in [-0.15, -0.1) is 12.6 Å². The third kappa shape index (κ3) is 3.08. The molecule has 0 N–H and O–H groups in total. The quantitative estimate of drug-likeness (QED) is 0.516. The monoisotopic (exact) mass is 255 g/mol. The number of rotatable bonds is 3. The van der Waals surface area contributed by atoms with Gasteiger partial charge in [-0.1, -0.05) is 12.1 Å². The van der Waals surface area contributed by atoms with E-state index in [0.29, 0.717) is 10.5 Å². The number of thiol groups is 1. The Morgan fingerprint density at radius 3 is 2.61 bits per heavy atom. The Labute approximate surface area is 112 Å². The maximum absolute atomic E-state index is 12.0. The molecule has 0 saturated heterocycles. The molecule has 0 atom stereocenters. The zero-order valence-corrected chi connectivity index (χ0v) is 10.9. The normalized spacial score (nSPS) is 10.8. The SMILES string of the molecule is Cc1ccc(C(=O)/C=C/c2ccncc2)c(S)c1. The molecule has 0 radical (unpaired) electrons. The summed E-state index contributed by atoms with van der Waals surface area (Å²) in [5, 5.41) is 0. The summed E-state index contributed by atoms with van der Waals surface area (Å²) in [6.07, 6.45) is 6.72. The first-order valence-corrected chi connectivity index (χ1v) is 6.03. The molecule has 1 heterocycles. The van der Waals surface area contributed by atoms with Crippen LogP contribution in [0.15, 0.2) is 53.7 Å². The summed E-state index contributed by atoms with van der Waals surface area (Å²) in [5.41, 5.74) is 2.66. The highest BCUT2D eigenvalue weighted by molar-refractivity contribution is 7.80. The van der Waals surface area contributed by atoms with Crippen LogP contribution < -0.4 is 0 Å². The van der Waals surface area contributed by atoms with Gasteiger partial charge >= 0.3 is 0 Å². The number of ketones is 1. The summed E-state index contributed by atoms with van der Waals surface area (Å²) < 4.78 is 0. The second-order valence-electron chi connectivity index (χ2n) is 4.00. The number of carbonyl (C=O) groups is 1. The van der Waals surface area contributed by atoms with Crippen molar-refractivity contribution in [2.45, 2.75) is 11.8 Å². The number of aromatic nitrogens is 1.